The second-order valence-electron chi connectivity index (χ2n) is 0. The summed E-state index contributed by atoms with van der Waals surface area (Å²) >= 11 is 19.3. The van der Waals surface area contributed by atoms with E-state index in [1.807, 2.05) is 13.8 Å². The highest BCUT2D eigenvalue weighted by Crippen LogP contribution is 1.65. The minimum Gasteiger partial charge on any atom is -0.115 e. The Bertz CT molecular complexity index is 8.26. The first kappa shape index (κ1) is 30.4. The molecule has 0 aliphatic heterocycles. The SMILES string of the molecule is C.CC.SS.SS.SS. The van der Waals surface area contributed by atoms with Crippen molar-refractivity contribution in [2.24, 2.45) is 0 Å². The number of hydrogen-bond donors (Lipinski definition) is 6. The first-order chi connectivity index (χ1) is 4.00. The molecule has 0 radical (unpaired) electrons. The number of thiol groups is 6. The fourth-order valence-electron chi connectivity index (χ4n) is 0. The van der Waals surface area contributed by atoms with Crippen LogP contribution >= 0.6 is 70.0 Å². The van der Waals surface area contributed by atoms with Crippen LogP contribution in [0, 0.1) is 0 Å². The first-order valence-corrected chi connectivity index (χ1v) is 6.40. The van der Waals surface area contributed by atoms with Crippen molar-refractivity contribution < 1.29 is 0 Å². The first-order valence-electron chi connectivity index (χ1n) is 1.60. The maximum atomic E-state index is 3.22. The van der Waals surface area contributed by atoms with E-state index in [0.29, 0.717) is 0 Å². The Morgan fingerprint density at radius 2 is 0.556 bits per heavy atom. The molecule has 0 saturated carbocycles. The molecular formula is C3H16S6. The second kappa shape index (κ2) is 190. The Balaban J connectivity index is -0.00000000762. The molecule has 64 valence electrons. The van der Waals surface area contributed by atoms with Gasteiger partial charge >= 0.3 is 0 Å². The molecule has 0 amide bonds. The van der Waals surface area contributed by atoms with Crippen molar-refractivity contribution in [3.63, 3.8) is 0 Å². The monoisotopic (exact) mass is 244 g/mol. The summed E-state index contributed by atoms with van der Waals surface area (Å²) in [4.78, 5) is 0. The molecule has 0 nitrogen and oxygen atoms in total. The Morgan fingerprint density at radius 3 is 0.556 bits per heavy atom. The third-order valence-corrected chi connectivity index (χ3v) is 0. The van der Waals surface area contributed by atoms with Crippen molar-refractivity contribution in [1.82, 2.24) is 0 Å². The van der Waals surface area contributed by atoms with Crippen LogP contribution in [0.5, 0.6) is 0 Å². The zero-order valence-electron chi connectivity index (χ0n) is 4.68. The third-order valence-electron chi connectivity index (χ3n) is 0. The Kier molecular flexibility index (Phi) is 641. The number of rotatable bonds is 0. The maximum Gasteiger partial charge on any atom is -0.0683 e. The van der Waals surface area contributed by atoms with Crippen LogP contribution in [0.2, 0.25) is 0 Å². The zero-order chi connectivity index (χ0) is 8.00. The largest absolute Gasteiger partial charge is 0.115 e. The molecule has 0 spiro atoms. The average molecular weight is 245 g/mol. The summed E-state index contributed by atoms with van der Waals surface area (Å²) in [5.74, 6) is 0. The van der Waals surface area contributed by atoms with Crippen LogP contribution < -0.4 is 0 Å². The molecule has 0 aromatic heterocycles. The van der Waals surface area contributed by atoms with Crippen LogP contribution in [0.3, 0.4) is 0 Å². The van der Waals surface area contributed by atoms with Gasteiger partial charge in [0.15, 0.2) is 0 Å². The van der Waals surface area contributed by atoms with E-state index in [0.717, 1.165) is 0 Å². The predicted octanol–water partition coefficient (Wildman–Crippen LogP) is 3.95. The predicted molar refractivity (Wildman–Crippen MR) is 72.0 cm³/mol. The lowest BCUT2D eigenvalue weighted by Crippen LogP contribution is -0.856. The average Bonchev–Trinajstić information content (AvgIpc) is 2.03. The van der Waals surface area contributed by atoms with Gasteiger partial charge in [-0.3, -0.25) is 0 Å². The highest BCUT2D eigenvalue weighted by Gasteiger charge is 0.932. The highest BCUT2D eigenvalue weighted by atomic mass is 33.1. The standard InChI is InChI=1S/C2H6.CH4.3H2S2/c1-2;;3*1-2/h1-2H3;1H4;3*1-2H. The molecule has 0 aromatic rings. The van der Waals surface area contributed by atoms with E-state index in [4.69, 9.17) is 0 Å². The summed E-state index contributed by atoms with van der Waals surface area (Å²) in [5.41, 5.74) is 0. The molecule has 0 fully saturated rings. The third kappa shape index (κ3) is 150. The second-order valence-corrected chi connectivity index (χ2v) is 0. The number of hydrogen-bond acceptors (Lipinski definition) is 6. The lowest BCUT2D eigenvalue weighted by molar-refractivity contribution is 1.50. The molecule has 0 N–H and O–H groups in total. The van der Waals surface area contributed by atoms with E-state index in [2.05, 4.69) is 70.0 Å². The summed E-state index contributed by atoms with van der Waals surface area (Å²) in [6, 6.07) is 0. The van der Waals surface area contributed by atoms with Gasteiger partial charge in [-0.15, -0.1) is 70.0 Å². The smallest absolute Gasteiger partial charge is 0.0683 e. The molecular weight excluding hydrogens is 228 g/mol. The molecule has 0 aromatic carbocycles. The van der Waals surface area contributed by atoms with Gasteiger partial charge in [-0.25, -0.2) is 0 Å². The van der Waals surface area contributed by atoms with E-state index in [9.17, 15) is 0 Å². The van der Waals surface area contributed by atoms with Gasteiger partial charge in [-0.1, -0.05) is 21.3 Å². The lowest BCUT2D eigenvalue weighted by Gasteiger charge is -1.11. The van der Waals surface area contributed by atoms with Gasteiger partial charge in [0.2, 0.25) is 0 Å². The van der Waals surface area contributed by atoms with Gasteiger partial charge < -0.3 is 0 Å². The maximum absolute atomic E-state index is 3.22. The molecule has 0 unspecified atom stereocenters. The lowest BCUT2D eigenvalue weighted by atomic mass is 11.0. The summed E-state index contributed by atoms with van der Waals surface area (Å²) in [5, 5.41) is 0. The van der Waals surface area contributed by atoms with Gasteiger partial charge in [0.1, 0.15) is 0 Å². The van der Waals surface area contributed by atoms with Crippen molar-refractivity contribution in [1.29, 1.82) is 0 Å². The van der Waals surface area contributed by atoms with E-state index in [1.165, 1.54) is 0 Å². The molecule has 0 aliphatic rings. The fourth-order valence-corrected chi connectivity index (χ4v) is 0. The normalized spacial score (nSPS) is 2.67. The van der Waals surface area contributed by atoms with E-state index < -0.39 is 0 Å². The fraction of sp³-hybridized carbons (Fsp3) is 1.00. The van der Waals surface area contributed by atoms with Crippen LogP contribution in [0.15, 0.2) is 0 Å². The van der Waals surface area contributed by atoms with Gasteiger partial charge in [-0.05, 0) is 0 Å². The van der Waals surface area contributed by atoms with Crippen molar-refractivity contribution >= 4 is 70.0 Å². The highest BCUT2D eigenvalue weighted by molar-refractivity contribution is 8.60. The molecule has 0 rings (SSSR count). The van der Waals surface area contributed by atoms with Gasteiger partial charge in [-0.2, -0.15) is 0 Å². The van der Waals surface area contributed by atoms with Crippen molar-refractivity contribution in [3.8, 4) is 0 Å². The van der Waals surface area contributed by atoms with Crippen LogP contribution in [0.1, 0.15) is 21.3 Å². The minimum atomic E-state index is 0. The molecule has 9 heavy (non-hydrogen) atoms. The van der Waals surface area contributed by atoms with E-state index in [1.54, 1.807) is 0 Å². The van der Waals surface area contributed by atoms with Crippen LogP contribution in [-0.2, 0) is 0 Å². The summed E-state index contributed by atoms with van der Waals surface area (Å²) < 4.78 is 0. The zero-order valence-corrected chi connectivity index (χ0v) is 10.0. The van der Waals surface area contributed by atoms with Crippen molar-refractivity contribution in [2.45, 2.75) is 21.3 Å². The van der Waals surface area contributed by atoms with Gasteiger partial charge in [0.25, 0.3) is 0 Å². The molecule has 0 heterocycles. The summed E-state index contributed by atoms with van der Waals surface area (Å²) in [6.45, 7) is 4.00. The van der Waals surface area contributed by atoms with Crippen molar-refractivity contribution in [3.05, 3.63) is 0 Å². The Morgan fingerprint density at radius 1 is 0.556 bits per heavy atom. The molecule has 0 saturated heterocycles. The van der Waals surface area contributed by atoms with Crippen LogP contribution in [-0.4, -0.2) is 0 Å². The Labute approximate surface area is 90.6 Å². The Hall–Kier alpha value is 2.10. The van der Waals surface area contributed by atoms with Crippen LogP contribution in [0.25, 0.3) is 0 Å². The van der Waals surface area contributed by atoms with Crippen LogP contribution in [0.4, 0.5) is 0 Å². The van der Waals surface area contributed by atoms with Crippen molar-refractivity contribution in [2.75, 3.05) is 0 Å². The quantitative estimate of drug-likeness (QED) is 0.270. The topological polar surface area (TPSA) is 0 Å². The molecule has 6 heteroatoms. The summed E-state index contributed by atoms with van der Waals surface area (Å²) in [7, 11) is 0. The van der Waals surface area contributed by atoms with E-state index in [-0.39, 0.29) is 7.43 Å². The minimum absolute atomic E-state index is 0. The molecule has 0 bridgehead atoms. The summed E-state index contributed by atoms with van der Waals surface area (Å²) in [6.07, 6.45) is 0. The molecule has 0 atom stereocenters. The van der Waals surface area contributed by atoms with E-state index >= 15 is 0 Å². The van der Waals surface area contributed by atoms with Gasteiger partial charge in [0, 0.05) is 0 Å². The molecule has 0 aliphatic carbocycles. The van der Waals surface area contributed by atoms with Gasteiger partial charge in [0.05, 0.1) is 0 Å².